The Kier molecular flexibility index (Phi) is 15.4. The van der Waals surface area contributed by atoms with Gasteiger partial charge in [0.15, 0.2) is 0 Å². The summed E-state index contributed by atoms with van der Waals surface area (Å²) in [5.41, 5.74) is 0. The molecule has 0 radical (unpaired) electrons. The van der Waals surface area contributed by atoms with Crippen LogP contribution >= 0.6 is 0 Å². The van der Waals surface area contributed by atoms with E-state index in [1.807, 2.05) is 0 Å². The van der Waals surface area contributed by atoms with Gasteiger partial charge in [-0.15, -0.1) is 0 Å². The summed E-state index contributed by atoms with van der Waals surface area (Å²) >= 11 is 0. The topological polar surface area (TPSA) is 80.3 Å². The number of halogens is 1. The van der Waals surface area contributed by atoms with Gasteiger partial charge in [-0.3, -0.25) is 0 Å². The third-order valence-electron chi connectivity index (χ3n) is 0.533. The summed E-state index contributed by atoms with van der Waals surface area (Å²) in [6, 6.07) is 0. The molecule has 6 heteroatoms. The molecule has 0 fully saturated rings. The van der Waals surface area contributed by atoms with E-state index in [-0.39, 0.29) is 42.0 Å². The zero-order valence-electron chi connectivity index (χ0n) is 5.49. The first-order valence-electron chi connectivity index (χ1n) is 2.02. The Labute approximate surface area is 86.3 Å². The first-order chi connectivity index (χ1) is 3.63. The fraction of sp³-hybridized carbons (Fsp3) is 0.500. The Morgan fingerprint density at radius 1 is 1.00 bits per heavy atom. The van der Waals surface area contributed by atoms with Crippen LogP contribution in [0.3, 0.4) is 0 Å². The first-order valence-corrected chi connectivity index (χ1v) is 2.02. The SMILES string of the molecule is O=C([O-])CCC(=O)[O-].[ClH2+].[Na+]. The van der Waals surface area contributed by atoms with Crippen molar-refractivity contribution in [3.8, 4) is 0 Å². The summed E-state index contributed by atoms with van der Waals surface area (Å²) < 4.78 is 0. The van der Waals surface area contributed by atoms with E-state index in [2.05, 4.69) is 0 Å². The molecule has 0 aliphatic rings. The predicted molar refractivity (Wildman–Crippen MR) is 22.0 cm³/mol. The van der Waals surface area contributed by atoms with Gasteiger partial charge in [0.2, 0.25) is 0 Å². The van der Waals surface area contributed by atoms with E-state index in [0.29, 0.717) is 0 Å². The van der Waals surface area contributed by atoms with Gasteiger partial charge in [-0.25, -0.2) is 0 Å². The Bertz CT molecular complexity index is 102. The smallest absolute Gasteiger partial charge is 0.550 e. The van der Waals surface area contributed by atoms with Crippen molar-refractivity contribution in [2.24, 2.45) is 0 Å². The molecule has 0 heterocycles. The van der Waals surface area contributed by atoms with Crippen LogP contribution in [0.15, 0.2) is 0 Å². The van der Waals surface area contributed by atoms with E-state index < -0.39 is 24.8 Å². The summed E-state index contributed by atoms with van der Waals surface area (Å²) in [4.78, 5) is 19.0. The number of aliphatic carboxylic acids is 2. The van der Waals surface area contributed by atoms with Gasteiger partial charge in [-0.05, 0) is 12.8 Å². The maximum atomic E-state index is 9.50. The summed E-state index contributed by atoms with van der Waals surface area (Å²) in [5, 5.41) is 19.0. The zero-order chi connectivity index (χ0) is 6.57. The number of rotatable bonds is 3. The first kappa shape index (κ1) is 16.7. The number of carboxylic acid groups (broad SMARTS) is 2. The van der Waals surface area contributed by atoms with Gasteiger partial charge in [0.25, 0.3) is 0 Å². The van der Waals surface area contributed by atoms with E-state index in [0.717, 1.165) is 0 Å². The zero-order valence-corrected chi connectivity index (χ0v) is 8.39. The molecule has 54 valence electrons. The van der Waals surface area contributed by atoms with Gasteiger partial charge in [-0.1, -0.05) is 0 Å². The molecule has 10 heavy (non-hydrogen) atoms. The van der Waals surface area contributed by atoms with Crippen LogP contribution in [0.5, 0.6) is 0 Å². The second kappa shape index (κ2) is 9.23. The minimum atomic E-state index is -1.37. The normalized spacial score (nSPS) is 6.80. The number of carbonyl (C=O) groups is 2. The van der Waals surface area contributed by atoms with E-state index in [9.17, 15) is 19.8 Å². The Morgan fingerprint density at radius 3 is 1.30 bits per heavy atom. The molecule has 0 aromatic rings. The largest absolute Gasteiger partial charge is 1.00 e. The average Bonchev–Trinajstić information content (AvgIpc) is 1.61. The quantitative estimate of drug-likeness (QED) is 0.401. The van der Waals surface area contributed by atoms with Crippen molar-refractivity contribution in [2.75, 3.05) is 0 Å². The molecular formula is C4H6ClNaO4. The predicted octanol–water partition coefficient (Wildman–Crippen LogP) is -6.26. The Balaban J connectivity index is -0.000000245. The van der Waals surface area contributed by atoms with Crippen LogP contribution in [0, 0.1) is 12.4 Å². The minimum absolute atomic E-state index is 0. The van der Waals surface area contributed by atoms with Crippen LogP contribution in [0.4, 0.5) is 0 Å². The van der Waals surface area contributed by atoms with Crippen molar-refractivity contribution < 1.29 is 61.8 Å². The molecule has 4 nitrogen and oxygen atoms in total. The second-order valence-electron chi connectivity index (χ2n) is 1.24. The van der Waals surface area contributed by atoms with E-state index >= 15 is 0 Å². The molecular weight excluding hydrogens is 170 g/mol. The minimum Gasteiger partial charge on any atom is -0.550 e. The van der Waals surface area contributed by atoms with E-state index in [1.165, 1.54) is 0 Å². The van der Waals surface area contributed by atoms with Gasteiger partial charge in [-0.2, -0.15) is 0 Å². The fourth-order valence-corrected chi connectivity index (χ4v) is 0.204. The molecule has 0 unspecified atom stereocenters. The van der Waals surface area contributed by atoms with Crippen LogP contribution in [0.25, 0.3) is 0 Å². The Hall–Kier alpha value is 0.230. The van der Waals surface area contributed by atoms with E-state index in [1.54, 1.807) is 0 Å². The van der Waals surface area contributed by atoms with Crippen molar-refractivity contribution in [2.45, 2.75) is 12.8 Å². The summed E-state index contributed by atoms with van der Waals surface area (Å²) in [6.07, 6.45) is -0.940. The van der Waals surface area contributed by atoms with Crippen molar-refractivity contribution in [1.82, 2.24) is 0 Å². The molecule has 0 rings (SSSR count). The van der Waals surface area contributed by atoms with Crippen molar-refractivity contribution >= 4 is 11.9 Å². The van der Waals surface area contributed by atoms with E-state index in [4.69, 9.17) is 0 Å². The molecule has 0 aromatic heterocycles. The van der Waals surface area contributed by atoms with Gasteiger partial charge < -0.3 is 19.8 Å². The molecule has 0 N–H and O–H groups in total. The van der Waals surface area contributed by atoms with Crippen molar-refractivity contribution in [3.63, 3.8) is 0 Å². The number of hydrogen-bond donors (Lipinski definition) is 0. The van der Waals surface area contributed by atoms with Crippen LogP contribution in [-0.2, 0) is 9.59 Å². The molecule has 0 bridgehead atoms. The Morgan fingerprint density at radius 2 is 1.20 bits per heavy atom. The number of hydrogen-bond acceptors (Lipinski definition) is 4. The summed E-state index contributed by atoms with van der Waals surface area (Å²) in [6.45, 7) is 0. The fourth-order valence-electron chi connectivity index (χ4n) is 0.204. The maximum absolute atomic E-state index is 9.50. The van der Waals surface area contributed by atoms with Gasteiger partial charge >= 0.3 is 29.6 Å². The molecule has 0 saturated heterocycles. The van der Waals surface area contributed by atoms with Crippen LogP contribution in [0.1, 0.15) is 12.8 Å². The number of carboxylic acids is 2. The molecule has 0 spiro atoms. The molecule has 0 saturated carbocycles. The molecule has 0 aliphatic heterocycles. The maximum Gasteiger partial charge on any atom is 1.00 e. The van der Waals surface area contributed by atoms with Crippen LogP contribution < -0.4 is 39.8 Å². The number of carbonyl (C=O) groups excluding carboxylic acids is 2. The molecule has 0 aromatic carbocycles. The standard InChI is InChI=1S/C4H6O4.ClH2.Na/c5-3(6)1-2-4(7)8;;/h1-2H2,(H,5,6)(H,7,8);1H2;/q;2*+1/p-2. The third kappa shape index (κ3) is 15.7. The van der Waals surface area contributed by atoms with Crippen LogP contribution in [0.2, 0.25) is 0 Å². The molecule has 0 aliphatic carbocycles. The van der Waals surface area contributed by atoms with Crippen molar-refractivity contribution in [1.29, 1.82) is 0 Å². The monoisotopic (exact) mass is 176 g/mol. The third-order valence-corrected chi connectivity index (χ3v) is 0.533. The molecule has 0 atom stereocenters. The van der Waals surface area contributed by atoms with Crippen LogP contribution in [-0.4, -0.2) is 11.9 Å². The summed E-state index contributed by atoms with van der Waals surface area (Å²) in [5.74, 6) is -2.73. The van der Waals surface area contributed by atoms with Crippen molar-refractivity contribution in [3.05, 3.63) is 0 Å². The van der Waals surface area contributed by atoms with Gasteiger partial charge in [0, 0.05) is 11.9 Å². The van der Waals surface area contributed by atoms with Gasteiger partial charge in [0.05, 0.1) is 12.4 Å². The van der Waals surface area contributed by atoms with Gasteiger partial charge in [0.1, 0.15) is 0 Å². The summed E-state index contributed by atoms with van der Waals surface area (Å²) in [7, 11) is 0. The average molecular weight is 177 g/mol. The second-order valence-corrected chi connectivity index (χ2v) is 1.24. The molecule has 0 amide bonds.